The summed E-state index contributed by atoms with van der Waals surface area (Å²) in [6, 6.07) is 14.3. The van der Waals surface area contributed by atoms with Crippen LogP contribution >= 0.6 is 11.6 Å². The Morgan fingerprint density at radius 1 is 1.03 bits per heavy atom. The molecule has 2 aliphatic rings. The molecule has 1 saturated carbocycles. The summed E-state index contributed by atoms with van der Waals surface area (Å²) in [7, 11) is 1.64. The number of esters is 1. The van der Waals surface area contributed by atoms with Gasteiger partial charge in [0.05, 0.1) is 31.0 Å². The molecule has 0 atom stereocenters. The number of carbonyl (C=O) groups is 1. The first kappa shape index (κ1) is 27.3. The van der Waals surface area contributed by atoms with Crippen LogP contribution in [0.15, 0.2) is 42.5 Å². The largest absolute Gasteiger partial charge is 0.497 e. The van der Waals surface area contributed by atoms with E-state index in [0.717, 1.165) is 60.8 Å². The molecule has 0 unspecified atom stereocenters. The van der Waals surface area contributed by atoms with Gasteiger partial charge in [-0.3, -0.25) is 0 Å². The van der Waals surface area contributed by atoms with Gasteiger partial charge in [0, 0.05) is 13.1 Å². The fraction of sp³-hybridized carbons (Fsp3) is 0.500. The average Bonchev–Trinajstić information content (AvgIpc) is 3.36. The number of benzene rings is 2. The lowest BCUT2D eigenvalue weighted by atomic mass is 9.82. The van der Waals surface area contributed by atoms with Crippen molar-refractivity contribution in [2.75, 3.05) is 31.7 Å². The van der Waals surface area contributed by atoms with Crippen LogP contribution in [0.1, 0.15) is 79.4 Å². The van der Waals surface area contributed by atoms with Crippen molar-refractivity contribution in [1.29, 1.82) is 0 Å². The van der Waals surface area contributed by atoms with E-state index >= 15 is 0 Å². The van der Waals surface area contributed by atoms with Crippen molar-refractivity contribution in [2.24, 2.45) is 0 Å². The molecular formula is C30H37ClN4O4. The van der Waals surface area contributed by atoms with E-state index in [9.17, 15) is 4.79 Å². The van der Waals surface area contributed by atoms with Gasteiger partial charge in [-0.25, -0.2) is 9.48 Å². The third-order valence-electron chi connectivity index (χ3n) is 7.74. The van der Waals surface area contributed by atoms with E-state index in [1.54, 1.807) is 18.7 Å². The topological polar surface area (TPSA) is 78.7 Å². The number of aromatic nitrogens is 3. The molecule has 1 saturated heterocycles. The highest BCUT2D eigenvalue weighted by Gasteiger charge is 2.29. The molecule has 3 aromatic rings. The minimum Gasteiger partial charge on any atom is -0.497 e. The lowest BCUT2D eigenvalue weighted by Crippen LogP contribution is -2.29. The van der Waals surface area contributed by atoms with Gasteiger partial charge in [0.25, 0.3) is 0 Å². The highest BCUT2D eigenvalue weighted by atomic mass is 35.5. The van der Waals surface area contributed by atoms with Gasteiger partial charge in [0.15, 0.2) is 0 Å². The van der Waals surface area contributed by atoms with Crippen molar-refractivity contribution in [3.8, 4) is 11.6 Å². The van der Waals surface area contributed by atoms with E-state index < -0.39 is 5.97 Å². The van der Waals surface area contributed by atoms with Gasteiger partial charge in [-0.2, -0.15) is 0 Å². The fourth-order valence-corrected chi connectivity index (χ4v) is 5.90. The van der Waals surface area contributed by atoms with Crippen LogP contribution in [-0.2, 0) is 11.3 Å². The smallest absolute Gasteiger partial charge is 0.364 e. The second kappa shape index (κ2) is 12.7. The predicted octanol–water partition coefficient (Wildman–Crippen LogP) is 6.26. The molecule has 5 rings (SSSR count). The van der Waals surface area contributed by atoms with Gasteiger partial charge in [0.1, 0.15) is 11.9 Å². The fourth-order valence-electron chi connectivity index (χ4n) is 5.60. The molecule has 1 aliphatic carbocycles. The van der Waals surface area contributed by atoms with Crippen molar-refractivity contribution >= 4 is 23.3 Å². The number of carbonyl (C=O) groups excluding carboxylic acids is 1. The number of hydrogen-bond acceptors (Lipinski definition) is 7. The Morgan fingerprint density at radius 3 is 2.44 bits per heavy atom. The Kier molecular flexibility index (Phi) is 8.91. The number of nitrogens with zero attached hydrogens (tertiary/aromatic N) is 4. The number of halogens is 1. The molecule has 0 spiro atoms. The van der Waals surface area contributed by atoms with Crippen LogP contribution < -0.4 is 14.4 Å². The van der Waals surface area contributed by atoms with E-state index in [1.807, 2.05) is 24.3 Å². The molecule has 0 N–H and O–H groups in total. The third-order valence-corrected chi connectivity index (χ3v) is 8.05. The molecular weight excluding hydrogens is 516 g/mol. The highest BCUT2D eigenvalue weighted by Crippen LogP contribution is 2.38. The number of methoxy groups -OCH3 is 1. The number of piperidine rings is 1. The summed E-state index contributed by atoms with van der Waals surface area (Å²) >= 11 is 6.75. The Bertz CT molecular complexity index is 1250. The van der Waals surface area contributed by atoms with Crippen LogP contribution in [0.5, 0.6) is 11.6 Å². The van der Waals surface area contributed by atoms with Crippen molar-refractivity contribution in [2.45, 2.75) is 70.4 Å². The summed E-state index contributed by atoms with van der Waals surface area (Å²) in [5.74, 6) is 1.05. The quantitative estimate of drug-likeness (QED) is 0.290. The summed E-state index contributed by atoms with van der Waals surface area (Å²) in [4.78, 5) is 15.0. The Hall–Kier alpha value is -3.26. The van der Waals surface area contributed by atoms with Crippen LogP contribution in [0, 0.1) is 0 Å². The molecule has 0 radical (unpaired) electrons. The van der Waals surface area contributed by atoms with Gasteiger partial charge in [0.2, 0.25) is 11.6 Å². The summed E-state index contributed by atoms with van der Waals surface area (Å²) in [6.07, 6.45) is 7.43. The van der Waals surface area contributed by atoms with Crippen LogP contribution in [-0.4, -0.2) is 53.9 Å². The second-order valence-corrected chi connectivity index (χ2v) is 10.7. The maximum absolute atomic E-state index is 12.6. The monoisotopic (exact) mass is 552 g/mol. The molecule has 8 nitrogen and oxygen atoms in total. The molecule has 2 aromatic carbocycles. The Balaban J connectivity index is 1.26. The summed E-state index contributed by atoms with van der Waals surface area (Å²) in [5.41, 5.74) is 3.56. The second-order valence-electron chi connectivity index (χ2n) is 10.3. The van der Waals surface area contributed by atoms with E-state index in [4.69, 9.17) is 25.8 Å². The van der Waals surface area contributed by atoms with Crippen molar-refractivity contribution in [3.05, 3.63) is 64.3 Å². The standard InChI is InChI=1S/C30H37ClN4O4/c1-3-38-30(36)28-29(35(33-32-28)20-21-7-12-24(37-2)13-8-21)39-25-14-9-22(10-15-25)23-11-16-27(26(31)19-23)34-17-5-4-6-18-34/h7-8,11-13,16,19,22,25H,3-6,9-10,14-15,17-18,20H2,1-2H3. The summed E-state index contributed by atoms with van der Waals surface area (Å²) in [5, 5.41) is 9.20. The molecule has 39 heavy (non-hydrogen) atoms. The molecule has 2 fully saturated rings. The number of anilines is 1. The summed E-state index contributed by atoms with van der Waals surface area (Å²) in [6.45, 7) is 4.61. The number of ether oxygens (including phenoxy) is 3. The number of rotatable bonds is 9. The highest BCUT2D eigenvalue weighted by molar-refractivity contribution is 6.33. The minimum absolute atomic E-state index is 0.0364. The van der Waals surface area contributed by atoms with Crippen molar-refractivity contribution in [1.82, 2.24) is 15.0 Å². The first-order chi connectivity index (χ1) is 19.1. The third kappa shape index (κ3) is 6.49. The Morgan fingerprint density at radius 2 is 1.77 bits per heavy atom. The molecule has 1 aromatic heterocycles. The van der Waals surface area contributed by atoms with E-state index in [2.05, 4.69) is 33.4 Å². The van der Waals surface area contributed by atoms with Gasteiger partial charge in [-0.05, 0) is 93.2 Å². The number of hydrogen-bond donors (Lipinski definition) is 0. The maximum Gasteiger partial charge on any atom is 0.364 e. The zero-order valence-corrected chi connectivity index (χ0v) is 23.5. The van der Waals surface area contributed by atoms with Crippen LogP contribution in [0.2, 0.25) is 5.02 Å². The van der Waals surface area contributed by atoms with E-state index in [1.165, 1.54) is 24.8 Å². The van der Waals surface area contributed by atoms with Crippen LogP contribution in [0.4, 0.5) is 5.69 Å². The Labute approximate surface area is 235 Å². The zero-order valence-electron chi connectivity index (χ0n) is 22.8. The van der Waals surface area contributed by atoms with E-state index in [0.29, 0.717) is 18.3 Å². The first-order valence-corrected chi connectivity index (χ1v) is 14.4. The van der Waals surface area contributed by atoms with E-state index in [-0.39, 0.29) is 18.4 Å². The average molecular weight is 553 g/mol. The molecule has 2 heterocycles. The molecule has 0 bridgehead atoms. The lowest BCUT2D eigenvalue weighted by molar-refractivity contribution is 0.0507. The van der Waals surface area contributed by atoms with Crippen molar-refractivity contribution in [3.63, 3.8) is 0 Å². The van der Waals surface area contributed by atoms with Gasteiger partial charge >= 0.3 is 5.97 Å². The normalized spacial score (nSPS) is 19.5. The minimum atomic E-state index is -0.523. The maximum atomic E-state index is 12.6. The van der Waals surface area contributed by atoms with Crippen molar-refractivity contribution < 1.29 is 19.0 Å². The molecule has 9 heteroatoms. The first-order valence-electron chi connectivity index (χ1n) is 14.0. The zero-order chi connectivity index (χ0) is 27.2. The van der Waals surface area contributed by atoms with Gasteiger partial charge < -0.3 is 19.1 Å². The van der Waals surface area contributed by atoms with Crippen LogP contribution in [0.25, 0.3) is 0 Å². The SMILES string of the molecule is CCOC(=O)c1nnn(Cc2ccc(OC)cc2)c1OC1CCC(c2ccc(N3CCCCC3)c(Cl)c2)CC1. The lowest BCUT2D eigenvalue weighted by Gasteiger charge is -2.31. The molecule has 1 aliphatic heterocycles. The van der Waals surface area contributed by atoms with Gasteiger partial charge in [-0.1, -0.05) is 35.0 Å². The molecule has 0 amide bonds. The van der Waals surface area contributed by atoms with Gasteiger partial charge in [-0.15, -0.1) is 5.10 Å². The predicted molar refractivity (Wildman–Crippen MR) is 151 cm³/mol. The molecule has 208 valence electrons. The van der Waals surface area contributed by atoms with Crippen LogP contribution in [0.3, 0.4) is 0 Å². The summed E-state index contributed by atoms with van der Waals surface area (Å²) < 4.78 is 18.5.